The van der Waals surface area contributed by atoms with Crippen molar-refractivity contribution in [2.24, 2.45) is 5.92 Å². The van der Waals surface area contributed by atoms with Crippen molar-refractivity contribution in [1.82, 2.24) is 4.90 Å². The van der Waals surface area contributed by atoms with Crippen molar-refractivity contribution >= 4 is 11.4 Å². The maximum Gasteiger partial charge on any atom is 0.292 e. The second-order valence-corrected chi connectivity index (χ2v) is 5.54. The van der Waals surface area contributed by atoms with Crippen molar-refractivity contribution in [2.45, 2.75) is 40.3 Å². The number of anilines is 1. The molecule has 0 spiro atoms. The van der Waals surface area contributed by atoms with Crippen molar-refractivity contribution in [1.29, 1.82) is 0 Å². The van der Waals surface area contributed by atoms with Gasteiger partial charge in [0.2, 0.25) is 0 Å². The zero-order valence-corrected chi connectivity index (χ0v) is 13.0. The molecule has 0 saturated heterocycles. The first-order valence-corrected chi connectivity index (χ1v) is 7.08. The van der Waals surface area contributed by atoms with Crippen LogP contribution in [0, 0.1) is 16.0 Å². The van der Waals surface area contributed by atoms with Crippen molar-refractivity contribution in [3.05, 3.63) is 33.9 Å². The van der Waals surface area contributed by atoms with E-state index in [1.807, 2.05) is 19.1 Å². The minimum absolute atomic E-state index is 0.134. The van der Waals surface area contributed by atoms with Gasteiger partial charge in [-0.2, -0.15) is 0 Å². The molecule has 0 aliphatic heterocycles. The average molecular weight is 279 g/mol. The molecule has 0 amide bonds. The summed E-state index contributed by atoms with van der Waals surface area (Å²) in [7, 11) is 2.08. The molecule has 112 valence electrons. The van der Waals surface area contributed by atoms with E-state index in [1.165, 1.54) is 0 Å². The summed E-state index contributed by atoms with van der Waals surface area (Å²) in [6, 6.07) is 5.77. The van der Waals surface area contributed by atoms with Crippen LogP contribution in [0.2, 0.25) is 0 Å². The highest BCUT2D eigenvalue weighted by Crippen LogP contribution is 2.26. The van der Waals surface area contributed by atoms with Gasteiger partial charge < -0.3 is 5.32 Å². The standard InChI is InChI=1S/C15H25N3O2/c1-6-16-14-9-13(7-8-15(14)18(19)20)10-17(5)12(4)11(2)3/h7-9,11-12,16H,6,10H2,1-5H3. The number of nitrogens with zero attached hydrogens (tertiary/aromatic N) is 2. The molecular weight excluding hydrogens is 254 g/mol. The molecule has 0 saturated carbocycles. The maximum atomic E-state index is 11.0. The fourth-order valence-corrected chi connectivity index (χ4v) is 2.11. The number of hydrogen-bond donors (Lipinski definition) is 1. The van der Waals surface area contributed by atoms with Crippen LogP contribution in [-0.4, -0.2) is 29.5 Å². The lowest BCUT2D eigenvalue weighted by atomic mass is 10.0. The minimum Gasteiger partial charge on any atom is -0.380 e. The first kappa shape index (κ1) is 16.4. The molecule has 0 aliphatic rings. The van der Waals surface area contributed by atoms with Crippen molar-refractivity contribution in [3.8, 4) is 0 Å². The van der Waals surface area contributed by atoms with Crippen LogP contribution in [0.15, 0.2) is 18.2 Å². The fourth-order valence-electron chi connectivity index (χ4n) is 2.11. The van der Waals surface area contributed by atoms with E-state index < -0.39 is 0 Å². The topological polar surface area (TPSA) is 58.4 Å². The van der Waals surface area contributed by atoms with Crippen LogP contribution in [-0.2, 0) is 6.54 Å². The number of nitro benzene ring substituents is 1. The Labute approximate surface area is 121 Å². The summed E-state index contributed by atoms with van der Waals surface area (Å²) < 4.78 is 0. The lowest BCUT2D eigenvalue weighted by Crippen LogP contribution is -2.32. The Morgan fingerprint density at radius 2 is 2.00 bits per heavy atom. The molecule has 1 aromatic carbocycles. The zero-order valence-electron chi connectivity index (χ0n) is 13.0. The van der Waals surface area contributed by atoms with Crippen LogP contribution in [0.3, 0.4) is 0 Å². The molecule has 1 unspecified atom stereocenters. The fraction of sp³-hybridized carbons (Fsp3) is 0.600. The Kier molecular flexibility index (Phi) is 5.95. The van der Waals surface area contributed by atoms with Gasteiger partial charge in [-0.05, 0) is 38.4 Å². The number of nitrogens with one attached hydrogen (secondary N) is 1. The van der Waals surface area contributed by atoms with Crippen LogP contribution in [0.4, 0.5) is 11.4 Å². The molecule has 5 heteroatoms. The number of benzene rings is 1. The molecule has 0 heterocycles. The van der Waals surface area contributed by atoms with Gasteiger partial charge in [0.05, 0.1) is 4.92 Å². The predicted octanol–water partition coefficient (Wildman–Crippen LogP) is 3.50. The molecule has 1 rings (SSSR count). The molecule has 1 N–H and O–H groups in total. The quantitative estimate of drug-likeness (QED) is 0.613. The Morgan fingerprint density at radius 3 is 2.50 bits per heavy atom. The third-order valence-electron chi connectivity index (χ3n) is 3.72. The first-order chi connectivity index (χ1) is 9.36. The van der Waals surface area contributed by atoms with E-state index in [4.69, 9.17) is 0 Å². The summed E-state index contributed by atoms with van der Waals surface area (Å²) in [4.78, 5) is 12.9. The van der Waals surface area contributed by atoms with Gasteiger partial charge in [0.15, 0.2) is 0 Å². The Bertz CT molecular complexity index is 460. The van der Waals surface area contributed by atoms with Crippen LogP contribution in [0.5, 0.6) is 0 Å². The van der Waals surface area contributed by atoms with E-state index >= 15 is 0 Å². The van der Waals surface area contributed by atoms with Crippen molar-refractivity contribution < 1.29 is 4.92 Å². The second kappa shape index (κ2) is 7.24. The molecule has 0 aliphatic carbocycles. The van der Waals surface area contributed by atoms with Gasteiger partial charge in [0.25, 0.3) is 5.69 Å². The smallest absolute Gasteiger partial charge is 0.292 e. The highest BCUT2D eigenvalue weighted by molar-refractivity contribution is 5.62. The van der Waals surface area contributed by atoms with Crippen LogP contribution in [0.25, 0.3) is 0 Å². The van der Waals surface area contributed by atoms with Gasteiger partial charge in [-0.3, -0.25) is 15.0 Å². The summed E-state index contributed by atoms with van der Waals surface area (Å²) in [5.41, 5.74) is 1.82. The first-order valence-electron chi connectivity index (χ1n) is 7.08. The Balaban J connectivity index is 2.92. The molecule has 0 fully saturated rings. The Hall–Kier alpha value is -1.62. The van der Waals surface area contributed by atoms with Gasteiger partial charge in [-0.15, -0.1) is 0 Å². The van der Waals surface area contributed by atoms with E-state index in [0.29, 0.717) is 24.2 Å². The van der Waals surface area contributed by atoms with Gasteiger partial charge in [-0.25, -0.2) is 0 Å². The average Bonchev–Trinajstić information content (AvgIpc) is 2.37. The van der Waals surface area contributed by atoms with Crippen LogP contribution in [0.1, 0.15) is 33.3 Å². The third-order valence-corrected chi connectivity index (χ3v) is 3.72. The van der Waals surface area contributed by atoms with Gasteiger partial charge in [0.1, 0.15) is 5.69 Å². The van der Waals surface area contributed by atoms with E-state index in [-0.39, 0.29) is 10.6 Å². The minimum atomic E-state index is -0.345. The highest BCUT2D eigenvalue weighted by atomic mass is 16.6. The molecule has 5 nitrogen and oxygen atoms in total. The van der Waals surface area contributed by atoms with Gasteiger partial charge in [-0.1, -0.05) is 19.9 Å². The number of nitro groups is 1. The summed E-state index contributed by atoms with van der Waals surface area (Å²) in [6.45, 7) is 9.98. The van der Waals surface area contributed by atoms with E-state index in [0.717, 1.165) is 12.1 Å². The molecule has 0 bridgehead atoms. The third kappa shape index (κ3) is 4.20. The molecule has 1 atom stereocenters. The largest absolute Gasteiger partial charge is 0.380 e. The molecule has 1 aromatic rings. The molecule has 0 radical (unpaired) electrons. The van der Waals surface area contributed by atoms with Gasteiger partial charge >= 0.3 is 0 Å². The van der Waals surface area contributed by atoms with Crippen LogP contribution >= 0.6 is 0 Å². The van der Waals surface area contributed by atoms with Crippen molar-refractivity contribution in [2.75, 3.05) is 18.9 Å². The Morgan fingerprint density at radius 1 is 1.35 bits per heavy atom. The molecular formula is C15H25N3O2. The lowest BCUT2D eigenvalue weighted by Gasteiger charge is -2.28. The summed E-state index contributed by atoms with van der Waals surface area (Å²) >= 11 is 0. The highest BCUT2D eigenvalue weighted by Gasteiger charge is 2.16. The molecule has 0 aromatic heterocycles. The SMILES string of the molecule is CCNc1cc(CN(C)C(C)C(C)C)ccc1[N+](=O)[O-]. The summed E-state index contributed by atoms with van der Waals surface area (Å²) in [5, 5.41) is 14.0. The zero-order chi connectivity index (χ0) is 15.3. The monoisotopic (exact) mass is 279 g/mol. The maximum absolute atomic E-state index is 11.0. The summed E-state index contributed by atoms with van der Waals surface area (Å²) in [5.74, 6) is 0.575. The lowest BCUT2D eigenvalue weighted by molar-refractivity contribution is -0.384. The number of hydrogen-bond acceptors (Lipinski definition) is 4. The predicted molar refractivity (Wildman–Crippen MR) is 83.0 cm³/mol. The second-order valence-electron chi connectivity index (χ2n) is 5.54. The normalized spacial score (nSPS) is 12.8. The number of rotatable bonds is 7. The molecule has 20 heavy (non-hydrogen) atoms. The summed E-state index contributed by atoms with van der Waals surface area (Å²) in [6.07, 6.45) is 0. The van der Waals surface area contributed by atoms with Gasteiger partial charge in [0, 0.05) is 25.2 Å². The van der Waals surface area contributed by atoms with E-state index in [9.17, 15) is 10.1 Å². The van der Waals surface area contributed by atoms with Crippen LogP contribution < -0.4 is 5.32 Å². The van der Waals surface area contributed by atoms with E-state index in [1.54, 1.807) is 6.07 Å². The van der Waals surface area contributed by atoms with E-state index in [2.05, 4.69) is 38.0 Å². The van der Waals surface area contributed by atoms with Crippen molar-refractivity contribution in [3.63, 3.8) is 0 Å².